The SMILES string of the molecule is COCCNc1nc(Nc2ccc(N3CCN(C(C)=O)CC3)cc2)nc2[nH]ccc12. The third-order valence-electron chi connectivity index (χ3n) is 5.23. The fraction of sp³-hybridized carbons (Fsp3) is 0.381. The van der Waals surface area contributed by atoms with Crippen molar-refractivity contribution in [1.82, 2.24) is 19.9 Å². The highest BCUT2D eigenvalue weighted by atomic mass is 16.5. The molecule has 0 spiro atoms. The molecule has 0 bridgehead atoms. The first-order chi connectivity index (χ1) is 14.6. The van der Waals surface area contributed by atoms with Crippen molar-refractivity contribution in [2.24, 2.45) is 0 Å². The van der Waals surface area contributed by atoms with E-state index in [1.165, 1.54) is 0 Å². The number of aromatic nitrogens is 3. The number of amides is 1. The first-order valence-corrected chi connectivity index (χ1v) is 10.1. The Bertz CT molecular complexity index is 994. The number of aromatic amines is 1. The molecule has 1 amide bonds. The minimum atomic E-state index is 0.143. The van der Waals surface area contributed by atoms with Crippen molar-refractivity contribution in [2.75, 3.05) is 62.0 Å². The summed E-state index contributed by atoms with van der Waals surface area (Å²) in [7, 11) is 1.67. The molecular weight excluding hydrogens is 382 g/mol. The molecule has 30 heavy (non-hydrogen) atoms. The number of piperazine rings is 1. The molecular formula is C21H27N7O2. The summed E-state index contributed by atoms with van der Waals surface area (Å²) >= 11 is 0. The summed E-state index contributed by atoms with van der Waals surface area (Å²) in [5.74, 6) is 1.43. The molecule has 4 rings (SSSR count). The number of methoxy groups -OCH3 is 1. The van der Waals surface area contributed by atoms with Gasteiger partial charge >= 0.3 is 0 Å². The average molecular weight is 409 g/mol. The van der Waals surface area contributed by atoms with Crippen LogP contribution in [0.25, 0.3) is 11.0 Å². The van der Waals surface area contributed by atoms with E-state index in [1.54, 1.807) is 14.0 Å². The standard InChI is InChI=1S/C21H27N7O2/c1-15(29)27-10-12-28(13-11-27)17-5-3-16(4-6-17)24-21-25-19-18(7-8-22-19)20(26-21)23-9-14-30-2/h3-8H,9-14H2,1-2H3,(H3,22,23,24,25,26). The van der Waals surface area contributed by atoms with Crippen LogP contribution in [0.1, 0.15) is 6.92 Å². The van der Waals surface area contributed by atoms with Crippen LogP contribution in [0, 0.1) is 0 Å². The van der Waals surface area contributed by atoms with Crippen molar-refractivity contribution in [3.63, 3.8) is 0 Å². The molecule has 0 aliphatic carbocycles. The molecule has 9 heteroatoms. The van der Waals surface area contributed by atoms with Crippen LogP contribution in [0.15, 0.2) is 36.5 Å². The van der Waals surface area contributed by atoms with Crippen LogP contribution in [-0.2, 0) is 9.53 Å². The Morgan fingerprint density at radius 1 is 1.13 bits per heavy atom. The number of fused-ring (bicyclic) bond motifs is 1. The molecule has 1 aromatic carbocycles. The monoisotopic (exact) mass is 409 g/mol. The second kappa shape index (κ2) is 9.00. The summed E-state index contributed by atoms with van der Waals surface area (Å²) in [6.07, 6.45) is 1.85. The lowest BCUT2D eigenvalue weighted by molar-refractivity contribution is -0.129. The average Bonchev–Trinajstić information content (AvgIpc) is 3.23. The Balaban J connectivity index is 1.44. The third-order valence-corrected chi connectivity index (χ3v) is 5.23. The van der Waals surface area contributed by atoms with Crippen molar-refractivity contribution < 1.29 is 9.53 Å². The lowest BCUT2D eigenvalue weighted by Gasteiger charge is -2.35. The fourth-order valence-corrected chi connectivity index (χ4v) is 3.57. The highest BCUT2D eigenvalue weighted by Gasteiger charge is 2.18. The number of carbonyl (C=O) groups is 1. The largest absolute Gasteiger partial charge is 0.383 e. The van der Waals surface area contributed by atoms with Gasteiger partial charge < -0.3 is 30.2 Å². The van der Waals surface area contributed by atoms with E-state index in [0.717, 1.165) is 54.4 Å². The number of H-pyrrole nitrogens is 1. The highest BCUT2D eigenvalue weighted by Crippen LogP contribution is 2.24. The molecule has 9 nitrogen and oxygen atoms in total. The van der Waals surface area contributed by atoms with E-state index >= 15 is 0 Å². The van der Waals surface area contributed by atoms with Gasteiger partial charge in [0.2, 0.25) is 11.9 Å². The van der Waals surface area contributed by atoms with E-state index in [-0.39, 0.29) is 5.91 Å². The van der Waals surface area contributed by atoms with E-state index in [1.807, 2.05) is 29.3 Å². The number of nitrogens with zero attached hydrogens (tertiary/aromatic N) is 4. The van der Waals surface area contributed by atoms with Gasteiger partial charge in [0.15, 0.2) is 0 Å². The number of ether oxygens (including phenoxy) is 1. The smallest absolute Gasteiger partial charge is 0.231 e. The molecule has 158 valence electrons. The predicted octanol–water partition coefficient (Wildman–Crippen LogP) is 2.43. The van der Waals surface area contributed by atoms with Gasteiger partial charge in [-0.3, -0.25) is 4.79 Å². The van der Waals surface area contributed by atoms with Crippen LogP contribution < -0.4 is 15.5 Å². The van der Waals surface area contributed by atoms with Crippen LogP contribution in [0.4, 0.5) is 23.1 Å². The maximum absolute atomic E-state index is 11.5. The van der Waals surface area contributed by atoms with Crippen molar-refractivity contribution in [3.8, 4) is 0 Å². The molecule has 3 aromatic rings. The van der Waals surface area contributed by atoms with Crippen molar-refractivity contribution in [3.05, 3.63) is 36.5 Å². The summed E-state index contributed by atoms with van der Waals surface area (Å²) < 4.78 is 5.11. The van der Waals surface area contributed by atoms with Gasteiger partial charge in [0.05, 0.1) is 12.0 Å². The highest BCUT2D eigenvalue weighted by molar-refractivity contribution is 5.88. The predicted molar refractivity (Wildman–Crippen MR) is 118 cm³/mol. The Morgan fingerprint density at radius 2 is 1.90 bits per heavy atom. The first kappa shape index (κ1) is 20.0. The van der Waals surface area contributed by atoms with Crippen molar-refractivity contribution in [1.29, 1.82) is 0 Å². The number of rotatable bonds is 7. The molecule has 1 saturated heterocycles. The maximum Gasteiger partial charge on any atom is 0.231 e. The minimum absolute atomic E-state index is 0.143. The molecule has 0 saturated carbocycles. The van der Waals surface area contributed by atoms with Gasteiger partial charge in [-0.25, -0.2) is 0 Å². The normalized spacial score (nSPS) is 14.2. The van der Waals surface area contributed by atoms with E-state index in [9.17, 15) is 4.79 Å². The quantitative estimate of drug-likeness (QED) is 0.516. The van der Waals surface area contributed by atoms with Crippen LogP contribution >= 0.6 is 0 Å². The second-order valence-electron chi connectivity index (χ2n) is 7.22. The van der Waals surface area contributed by atoms with Crippen LogP contribution in [-0.4, -0.2) is 72.2 Å². The zero-order valence-electron chi connectivity index (χ0n) is 17.3. The number of hydrogen-bond acceptors (Lipinski definition) is 7. The van der Waals surface area contributed by atoms with Gasteiger partial charge in [-0.15, -0.1) is 0 Å². The van der Waals surface area contributed by atoms with E-state index in [0.29, 0.717) is 19.1 Å². The van der Waals surface area contributed by atoms with Gasteiger partial charge in [-0.2, -0.15) is 9.97 Å². The molecule has 1 aliphatic heterocycles. The lowest BCUT2D eigenvalue weighted by atomic mass is 10.2. The van der Waals surface area contributed by atoms with Gasteiger partial charge in [0.1, 0.15) is 11.5 Å². The molecule has 3 heterocycles. The van der Waals surface area contributed by atoms with Gasteiger partial charge in [-0.1, -0.05) is 0 Å². The van der Waals surface area contributed by atoms with Crippen molar-refractivity contribution in [2.45, 2.75) is 6.92 Å². The molecule has 0 unspecified atom stereocenters. The second-order valence-corrected chi connectivity index (χ2v) is 7.22. The Kier molecular flexibility index (Phi) is 5.99. The zero-order chi connectivity index (χ0) is 20.9. The maximum atomic E-state index is 11.5. The molecule has 1 aliphatic rings. The minimum Gasteiger partial charge on any atom is -0.383 e. The number of benzene rings is 1. The number of hydrogen-bond donors (Lipinski definition) is 3. The number of anilines is 4. The summed E-state index contributed by atoms with van der Waals surface area (Å²) in [4.78, 5) is 28.0. The summed E-state index contributed by atoms with van der Waals surface area (Å²) in [6.45, 7) is 6.10. The number of carbonyl (C=O) groups excluding carboxylic acids is 1. The van der Waals surface area contributed by atoms with E-state index < -0.39 is 0 Å². The van der Waals surface area contributed by atoms with Gasteiger partial charge in [-0.05, 0) is 30.3 Å². The molecule has 0 radical (unpaired) electrons. The Hall–Kier alpha value is -3.33. The summed E-state index contributed by atoms with van der Waals surface area (Å²) in [6, 6.07) is 10.2. The topological polar surface area (TPSA) is 98.4 Å². The van der Waals surface area contributed by atoms with E-state index in [4.69, 9.17) is 4.74 Å². The van der Waals surface area contributed by atoms with E-state index in [2.05, 4.69) is 42.6 Å². The lowest BCUT2D eigenvalue weighted by Crippen LogP contribution is -2.48. The fourth-order valence-electron chi connectivity index (χ4n) is 3.57. The summed E-state index contributed by atoms with van der Waals surface area (Å²) in [5, 5.41) is 7.52. The van der Waals surface area contributed by atoms with Gasteiger partial charge in [0, 0.05) is 64.3 Å². The number of nitrogens with one attached hydrogen (secondary N) is 3. The third kappa shape index (κ3) is 4.46. The molecule has 0 atom stereocenters. The molecule has 1 fully saturated rings. The van der Waals surface area contributed by atoms with Crippen LogP contribution in [0.3, 0.4) is 0 Å². The molecule has 3 N–H and O–H groups in total. The van der Waals surface area contributed by atoms with Gasteiger partial charge in [0.25, 0.3) is 0 Å². The van der Waals surface area contributed by atoms with Crippen molar-refractivity contribution >= 4 is 40.1 Å². The Morgan fingerprint density at radius 3 is 2.60 bits per heavy atom. The summed E-state index contributed by atoms with van der Waals surface area (Å²) in [5.41, 5.74) is 2.83. The van der Waals surface area contributed by atoms with Crippen LogP contribution in [0.2, 0.25) is 0 Å². The Labute approximate surface area is 175 Å². The molecule has 2 aromatic heterocycles. The first-order valence-electron chi connectivity index (χ1n) is 10.1. The zero-order valence-corrected chi connectivity index (χ0v) is 17.3. The van der Waals surface area contributed by atoms with Crippen LogP contribution in [0.5, 0.6) is 0 Å².